The van der Waals surface area contributed by atoms with Gasteiger partial charge >= 0.3 is 0 Å². The van der Waals surface area contributed by atoms with Crippen LogP contribution in [0.1, 0.15) is 85.0 Å². The van der Waals surface area contributed by atoms with Crippen molar-refractivity contribution in [1.82, 2.24) is 0 Å². The standard InChI is InChI=1S/C24H40O3/c1-4-27-15-24(26)13-11-18-17(14-24)8-9-20-19(18)10-12-23(3)21(16(2)25)6-5-7-22(20)23/h17-22,26H,4-15H2,1-3H3/t17-,18-,19+,20+,21-,22-,23+,24+/m0/s1. The summed E-state index contributed by atoms with van der Waals surface area (Å²) in [5.74, 6) is 4.64. The van der Waals surface area contributed by atoms with Gasteiger partial charge in [-0.05, 0) is 107 Å². The molecule has 4 fully saturated rings. The molecule has 0 aromatic carbocycles. The number of carbonyl (C=O) groups is 1. The van der Waals surface area contributed by atoms with E-state index in [1.807, 2.05) is 13.8 Å². The zero-order chi connectivity index (χ0) is 19.2. The lowest BCUT2D eigenvalue weighted by atomic mass is 9.44. The normalized spacial score (nSPS) is 49.6. The topological polar surface area (TPSA) is 46.5 Å². The summed E-state index contributed by atoms with van der Waals surface area (Å²) in [6.07, 6.45) is 11.9. The molecule has 4 aliphatic rings. The molecule has 0 spiro atoms. The van der Waals surface area contributed by atoms with Crippen LogP contribution in [0.5, 0.6) is 0 Å². The van der Waals surface area contributed by atoms with Gasteiger partial charge in [-0.1, -0.05) is 13.3 Å². The summed E-state index contributed by atoms with van der Waals surface area (Å²) in [4.78, 5) is 12.4. The third-order valence-corrected chi connectivity index (χ3v) is 9.41. The zero-order valence-electron chi connectivity index (χ0n) is 17.7. The van der Waals surface area contributed by atoms with Crippen molar-refractivity contribution < 1.29 is 14.6 Å². The maximum Gasteiger partial charge on any atom is 0.133 e. The molecule has 3 nitrogen and oxygen atoms in total. The highest BCUT2D eigenvalue weighted by Crippen LogP contribution is 2.63. The number of rotatable bonds is 4. The minimum Gasteiger partial charge on any atom is -0.387 e. The number of hydrogen-bond donors (Lipinski definition) is 1. The van der Waals surface area contributed by atoms with E-state index in [0.717, 1.165) is 42.9 Å². The largest absolute Gasteiger partial charge is 0.387 e. The fourth-order valence-corrected chi connectivity index (χ4v) is 8.25. The van der Waals surface area contributed by atoms with Crippen molar-refractivity contribution in [2.75, 3.05) is 13.2 Å². The van der Waals surface area contributed by atoms with E-state index in [-0.39, 0.29) is 5.41 Å². The van der Waals surface area contributed by atoms with Crippen LogP contribution in [0, 0.1) is 40.9 Å². The van der Waals surface area contributed by atoms with Gasteiger partial charge in [0.2, 0.25) is 0 Å². The van der Waals surface area contributed by atoms with Crippen LogP contribution in [0.3, 0.4) is 0 Å². The monoisotopic (exact) mass is 376 g/mol. The number of ketones is 1. The van der Waals surface area contributed by atoms with Crippen LogP contribution >= 0.6 is 0 Å². The molecule has 4 saturated carbocycles. The van der Waals surface area contributed by atoms with Crippen LogP contribution in [0.25, 0.3) is 0 Å². The number of Topliss-reactive ketones (excluding diaryl/α,β-unsaturated/α-hetero) is 1. The molecule has 4 rings (SSSR count). The van der Waals surface area contributed by atoms with Gasteiger partial charge in [-0.15, -0.1) is 0 Å². The molecule has 0 aromatic rings. The first-order valence-electron chi connectivity index (χ1n) is 11.7. The second kappa shape index (κ2) is 7.44. The van der Waals surface area contributed by atoms with Gasteiger partial charge in [-0.25, -0.2) is 0 Å². The molecule has 27 heavy (non-hydrogen) atoms. The number of aliphatic hydroxyl groups is 1. The molecule has 0 aromatic heterocycles. The van der Waals surface area contributed by atoms with Crippen molar-refractivity contribution in [3.05, 3.63) is 0 Å². The lowest BCUT2D eigenvalue weighted by Crippen LogP contribution is -2.55. The molecule has 0 amide bonds. The first-order valence-corrected chi connectivity index (χ1v) is 11.7. The Morgan fingerprint density at radius 2 is 1.81 bits per heavy atom. The second-order valence-electron chi connectivity index (χ2n) is 10.7. The molecule has 0 unspecified atom stereocenters. The zero-order valence-corrected chi connectivity index (χ0v) is 17.7. The van der Waals surface area contributed by atoms with Crippen molar-refractivity contribution in [3.63, 3.8) is 0 Å². The maximum atomic E-state index is 12.4. The Hall–Kier alpha value is -0.410. The van der Waals surface area contributed by atoms with E-state index in [1.165, 1.54) is 44.9 Å². The van der Waals surface area contributed by atoms with Gasteiger partial charge in [0, 0.05) is 12.5 Å². The summed E-state index contributed by atoms with van der Waals surface area (Å²) in [5.41, 5.74) is -0.333. The fraction of sp³-hybridized carbons (Fsp3) is 0.958. The molecule has 0 saturated heterocycles. The van der Waals surface area contributed by atoms with E-state index >= 15 is 0 Å². The van der Waals surface area contributed by atoms with E-state index in [4.69, 9.17) is 4.74 Å². The van der Waals surface area contributed by atoms with Gasteiger partial charge in [0.1, 0.15) is 5.78 Å². The predicted molar refractivity (Wildman–Crippen MR) is 107 cm³/mol. The highest BCUT2D eigenvalue weighted by molar-refractivity contribution is 5.79. The molecule has 154 valence electrons. The van der Waals surface area contributed by atoms with Crippen molar-refractivity contribution in [2.24, 2.45) is 40.9 Å². The van der Waals surface area contributed by atoms with Crippen molar-refractivity contribution in [2.45, 2.75) is 90.6 Å². The number of ether oxygens (including phenoxy) is 1. The highest BCUT2D eigenvalue weighted by Gasteiger charge is 2.57. The van der Waals surface area contributed by atoms with E-state index in [9.17, 15) is 9.90 Å². The molecule has 1 N–H and O–H groups in total. The summed E-state index contributed by atoms with van der Waals surface area (Å²) in [6.45, 7) is 7.51. The fourth-order valence-electron chi connectivity index (χ4n) is 8.25. The number of carbonyl (C=O) groups excluding carboxylic acids is 1. The minimum atomic E-state index is -0.586. The molecule has 0 heterocycles. The van der Waals surface area contributed by atoms with Crippen LogP contribution in [0.15, 0.2) is 0 Å². The lowest BCUT2D eigenvalue weighted by molar-refractivity contribution is -0.152. The average molecular weight is 377 g/mol. The molecular formula is C24H40O3. The third-order valence-electron chi connectivity index (χ3n) is 9.41. The van der Waals surface area contributed by atoms with Crippen LogP contribution in [-0.2, 0) is 9.53 Å². The molecule has 4 aliphatic carbocycles. The summed E-state index contributed by atoms with van der Waals surface area (Å²) >= 11 is 0. The lowest BCUT2D eigenvalue weighted by Gasteiger charge is -2.60. The average Bonchev–Trinajstić information content (AvgIpc) is 2.64. The van der Waals surface area contributed by atoms with Crippen LogP contribution in [0.2, 0.25) is 0 Å². The molecule has 3 heteroatoms. The first kappa shape index (κ1) is 19.9. The van der Waals surface area contributed by atoms with Crippen molar-refractivity contribution in [3.8, 4) is 0 Å². The van der Waals surface area contributed by atoms with Gasteiger partial charge in [-0.3, -0.25) is 4.79 Å². The summed E-state index contributed by atoms with van der Waals surface area (Å²) < 4.78 is 5.60. The van der Waals surface area contributed by atoms with Crippen molar-refractivity contribution >= 4 is 5.78 Å². The molecule has 8 atom stereocenters. The third kappa shape index (κ3) is 3.41. The number of fused-ring (bicyclic) bond motifs is 5. The smallest absolute Gasteiger partial charge is 0.133 e. The first-order chi connectivity index (χ1) is 12.9. The Bertz CT molecular complexity index is 560. The highest BCUT2D eigenvalue weighted by atomic mass is 16.5. The van der Waals surface area contributed by atoms with Gasteiger partial charge in [0.25, 0.3) is 0 Å². The van der Waals surface area contributed by atoms with Gasteiger partial charge in [0.15, 0.2) is 0 Å². The Morgan fingerprint density at radius 3 is 2.56 bits per heavy atom. The van der Waals surface area contributed by atoms with E-state index in [1.54, 1.807) is 0 Å². The Balaban J connectivity index is 1.49. The predicted octanol–water partition coefficient (Wildman–Crippen LogP) is 5.00. The Kier molecular flexibility index (Phi) is 5.48. The van der Waals surface area contributed by atoms with Gasteiger partial charge in [0.05, 0.1) is 12.2 Å². The van der Waals surface area contributed by atoms with Crippen molar-refractivity contribution in [1.29, 1.82) is 0 Å². The van der Waals surface area contributed by atoms with Gasteiger partial charge < -0.3 is 9.84 Å². The molecule has 0 bridgehead atoms. The number of hydrogen-bond acceptors (Lipinski definition) is 3. The summed E-state index contributed by atoms with van der Waals surface area (Å²) in [7, 11) is 0. The van der Waals surface area contributed by atoms with Crippen LogP contribution in [-0.4, -0.2) is 29.7 Å². The maximum absolute atomic E-state index is 12.4. The van der Waals surface area contributed by atoms with E-state index in [0.29, 0.717) is 30.8 Å². The second-order valence-corrected chi connectivity index (χ2v) is 10.7. The van der Waals surface area contributed by atoms with E-state index < -0.39 is 5.60 Å². The summed E-state index contributed by atoms with van der Waals surface area (Å²) in [5, 5.41) is 11.0. The Labute approximate surface area is 165 Å². The molecule has 0 aliphatic heterocycles. The van der Waals surface area contributed by atoms with Gasteiger partial charge in [-0.2, -0.15) is 0 Å². The summed E-state index contributed by atoms with van der Waals surface area (Å²) in [6, 6.07) is 0. The quantitative estimate of drug-likeness (QED) is 0.751. The molecular weight excluding hydrogens is 336 g/mol. The van der Waals surface area contributed by atoms with Crippen LogP contribution < -0.4 is 0 Å². The minimum absolute atomic E-state index is 0.252. The Morgan fingerprint density at radius 1 is 1.04 bits per heavy atom. The molecule has 0 radical (unpaired) electrons. The van der Waals surface area contributed by atoms with Crippen LogP contribution in [0.4, 0.5) is 0 Å². The SMILES string of the molecule is CCOC[C@@]1(O)CC[C@H]2[C@@H](CC[C@@H]3[C@@H]2CC[C@]2(C)[C@H](C(C)=O)CCC[C@@H]32)C1. The van der Waals surface area contributed by atoms with E-state index in [2.05, 4.69) is 6.92 Å².